The summed E-state index contributed by atoms with van der Waals surface area (Å²) in [6, 6.07) is 2.81. The average molecular weight is 308 g/mol. The highest BCUT2D eigenvalue weighted by molar-refractivity contribution is 6.42. The molecule has 1 aromatic carbocycles. The van der Waals surface area contributed by atoms with Gasteiger partial charge in [0.1, 0.15) is 5.82 Å². The van der Waals surface area contributed by atoms with Gasteiger partial charge in [-0.2, -0.15) is 0 Å². The fraction of sp³-hybridized carbons (Fsp3) is 0.462. The van der Waals surface area contributed by atoms with E-state index in [-0.39, 0.29) is 10.0 Å². The third kappa shape index (κ3) is 4.34. The lowest BCUT2D eigenvalue weighted by Crippen LogP contribution is -2.28. The molecule has 106 valence electrons. The molecule has 0 aliphatic heterocycles. The molecule has 0 radical (unpaired) electrons. The minimum Gasteiger partial charge on any atom is -0.481 e. The molecule has 0 saturated carbocycles. The highest BCUT2D eigenvalue weighted by atomic mass is 35.5. The lowest BCUT2D eigenvalue weighted by atomic mass is 9.90. The van der Waals surface area contributed by atoms with Gasteiger partial charge < -0.3 is 10.4 Å². The van der Waals surface area contributed by atoms with Crippen LogP contribution in [0.3, 0.4) is 0 Å². The van der Waals surface area contributed by atoms with Crippen molar-refractivity contribution in [2.24, 2.45) is 5.41 Å². The molecule has 19 heavy (non-hydrogen) atoms. The Bertz CT molecular complexity index is 478. The SMILES string of the molecule is CC(C)(CCNCc1ccc(F)c(Cl)c1Cl)C(=O)O. The van der Waals surface area contributed by atoms with E-state index in [0.717, 1.165) is 0 Å². The van der Waals surface area contributed by atoms with E-state index in [1.807, 2.05) is 0 Å². The molecule has 0 aliphatic carbocycles. The molecule has 0 spiro atoms. The van der Waals surface area contributed by atoms with Gasteiger partial charge in [0.25, 0.3) is 0 Å². The van der Waals surface area contributed by atoms with E-state index < -0.39 is 17.2 Å². The molecule has 0 heterocycles. The molecule has 0 fully saturated rings. The molecule has 1 aromatic rings. The number of rotatable bonds is 6. The molecule has 2 N–H and O–H groups in total. The second-order valence-corrected chi connectivity index (χ2v) is 5.71. The number of halogens is 3. The van der Waals surface area contributed by atoms with E-state index in [1.165, 1.54) is 6.07 Å². The van der Waals surface area contributed by atoms with Gasteiger partial charge in [-0.1, -0.05) is 29.3 Å². The Morgan fingerprint density at radius 1 is 1.37 bits per heavy atom. The van der Waals surface area contributed by atoms with Crippen LogP contribution in [-0.4, -0.2) is 17.6 Å². The molecule has 0 amide bonds. The minimum absolute atomic E-state index is 0.0909. The van der Waals surface area contributed by atoms with Crippen molar-refractivity contribution in [2.45, 2.75) is 26.8 Å². The summed E-state index contributed by atoms with van der Waals surface area (Å²) in [6.45, 7) is 4.26. The summed E-state index contributed by atoms with van der Waals surface area (Å²) < 4.78 is 13.1. The van der Waals surface area contributed by atoms with Crippen LogP contribution in [-0.2, 0) is 11.3 Å². The van der Waals surface area contributed by atoms with Crippen LogP contribution in [0.25, 0.3) is 0 Å². The van der Waals surface area contributed by atoms with Gasteiger partial charge in [0.05, 0.1) is 15.5 Å². The number of nitrogens with one attached hydrogen (secondary N) is 1. The van der Waals surface area contributed by atoms with Gasteiger partial charge in [0, 0.05) is 6.54 Å². The van der Waals surface area contributed by atoms with Crippen molar-refractivity contribution in [1.82, 2.24) is 5.32 Å². The molecular formula is C13H16Cl2FNO2. The van der Waals surface area contributed by atoms with Crippen molar-refractivity contribution in [2.75, 3.05) is 6.54 Å². The van der Waals surface area contributed by atoms with E-state index in [9.17, 15) is 9.18 Å². The number of hydrogen-bond donors (Lipinski definition) is 2. The Kier molecular flexibility index (Phi) is 5.59. The van der Waals surface area contributed by atoms with Gasteiger partial charge in [-0.15, -0.1) is 0 Å². The summed E-state index contributed by atoms with van der Waals surface area (Å²) >= 11 is 11.6. The predicted octanol–water partition coefficient (Wildman–Crippen LogP) is 3.72. The number of aliphatic carboxylic acids is 1. The molecule has 3 nitrogen and oxygen atoms in total. The van der Waals surface area contributed by atoms with Crippen molar-refractivity contribution in [3.8, 4) is 0 Å². The van der Waals surface area contributed by atoms with Gasteiger partial charge in [-0.3, -0.25) is 4.79 Å². The van der Waals surface area contributed by atoms with E-state index in [1.54, 1.807) is 19.9 Å². The Balaban J connectivity index is 2.51. The van der Waals surface area contributed by atoms with Crippen LogP contribution in [0, 0.1) is 11.2 Å². The second kappa shape index (κ2) is 6.55. The lowest BCUT2D eigenvalue weighted by Gasteiger charge is -2.19. The molecule has 0 unspecified atom stereocenters. The van der Waals surface area contributed by atoms with Crippen LogP contribution in [0.2, 0.25) is 10.0 Å². The van der Waals surface area contributed by atoms with Crippen molar-refractivity contribution in [3.63, 3.8) is 0 Å². The molecular weight excluding hydrogens is 292 g/mol. The van der Waals surface area contributed by atoms with Crippen molar-refractivity contribution in [3.05, 3.63) is 33.6 Å². The topological polar surface area (TPSA) is 49.3 Å². The first-order valence-electron chi connectivity index (χ1n) is 5.82. The number of carbonyl (C=O) groups is 1. The zero-order chi connectivity index (χ0) is 14.6. The fourth-order valence-electron chi connectivity index (χ4n) is 1.43. The number of carboxylic acids is 1. The highest BCUT2D eigenvalue weighted by Gasteiger charge is 2.26. The van der Waals surface area contributed by atoms with E-state index in [2.05, 4.69) is 5.32 Å². The number of benzene rings is 1. The first-order chi connectivity index (χ1) is 8.75. The summed E-state index contributed by atoms with van der Waals surface area (Å²) in [6.07, 6.45) is 0.481. The second-order valence-electron chi connectivity index (χ2n) is 4.95. The quantitative estimate of drug-likeness (QED) is 0.622. The van der Waals surface area contributed by atoms with E-state index in [4.69, 9.17) is 28.3 Å². The Labute approximate surface area is 121 Å². The van der Waals surface area contributed by atoms with Crippen molar-refractivity contribution >= 4 is 29.2 Å². The maximum Gasteiger partial charge on any atom is 0.309 e. The van der Waals surface area contributed by atoms with Crippen molar-refractivity contribution < 1.29 is 14.3 Å². The molecule has 6 heteroatoms. The van der Waals surface area contributed by atoms with Crippen LogP contribution >= 0.6 is 23.2 Å². The Morgan fingerprint density at radius 3 is 2.58 bits per heavy atom. The summed E-state index contributed by atoms with van der Waals surface area (Å²) in [5.41, 5.74) is -0.0989. The first kappa shape index (κ1) is 16.2. The van der Waals surface area contributed by atoms with Crippen LogP contribution < -0.4 is 5.32 Å². The minimum atomic E-state index is -0.836. The van der Waals surface area contributed by atoms with Gasteiger partial charge in [0.2, 0.25) is 0 Å². The van der Waals surface area contributed by atoms with Gasteiger partial charge in [0.15, 0.2) is 0 Å². The smallest absolute Gasteiger partial charge is 0.309 e. The molecule has 0 aliphatic rings. The molecule has 0 bridgehead atoms. The van der Waals surface area contributed by atoms with E-state index >= 15 is 0 Å². The third-order valence-corrected chi connectivity index (χ3v) is 3.83. The molecule has 0 atom stereocenters. The maximum absolute atomic E-state index is 13.1. The zero-order valence-electron chi connectivity index (χ0n) is 10.8. The summed E-state index contributed by atoms with van der Waals surface area (Å²) in [5.74, 6) is -1.39. The monoisotopic (exact) mass is 307 g/mol. The van der Waals surface area contributed by atoms with Crippen LogP contribution in [0.4, 0.5) is 4.39 Å². The number of carboxylic acid groups (broad SMARTS) is 1. The van der Waals surface area contributed by atoms with Crippen LogP contribution in [0.15, 0.2) is 12.1 Å². The molecule has 0 aromatic heterocycles. The Morgan fingerprint density at radius 2 is 2.00 bits per heavy atom. The molecule has 0 saturated heterocycles. The first-order valence-corrected chi connectivity index (χ1v) is 6.58. The fourth-order valence-corrected chi connectivity index (χ4v) is 1.84. The zero-order valence-corrected chi connectivity index (χ0v) is 12.3. The average Bonchev–Trinajstić information content (AvgIpc) is 2.34. The predicted molar refractivity (Wildman–Crippen MR) is 74.2 cm³/mol. The van der Waals surface area contributed by atoms with Crippen LogP contribution in [0.1, 0.15) is 25.8 Å². The normalized spacial score (nSPS) is 11.6. The van der Waals surface area contributed by atoms with Gasteiger partial charge in [-0.25, -0.2) is 4.39 Å². The van der Waals surface area contributed by atoms with E-state index in [0.29, 0.717) is 25.1 Å². The Hall–Kier alpha value is -0.840. The lowest BCUT2D eigenvalue weighted by molar-refractivity contribution is -0.147. The van der Waals surface area contributed by atoms with Gasteiger partial charge >= 0.3 is 5.97 Å². The summed E-state index contributed by atoms with van der Waals surface area (Å²) in [4.78, 5) is 10.9. The highest BCUT2D eigenvalue weighted by Crippen LogP contribution is 2.28. The largest absolute Gasteiger partial charge is 0.481 e. The maximum atomic E-state index is 13.1. The van der Waals surface area contributed by atoms with Crippen molar-refractivity contribution in [1.29, 1.82) is 0 Å². The standard InChI is InChI=1S/C13H16Cl2FNO2/c1-13(2,12(18)19)5-6-17-7-8-3-4-9(16)11(15)10(8)14/h3-4,17H,5-7H2,1-2H3,(H,18,19). The molecule has 1 rings (SSSR count). The summed E-state index contributed by atoms with van der Waals surface area (Å²) in [5, 5.41) is 12.1. The van der Waals surface area contributed by atoms with Gasteiger partial charge in [-0.05, 0) is 38.4 Å². The number of hydrogen-bond acceptors (Lipinski definition) is 2. The summed E-state index contributed by atoms with van der Waals surface area (Å²) in [7, 11) is 0. The third-order valence-electron chi connectivity index (χ3n) is 2.94. The van der Waals surface area contributed by atoms with Crippen LogP contribution in [0.5, 0.6) is 0 Å².